The molecule has 0 aromatic rings. The third kappa shape index (κ3) is 23.5. The zero-order valence-corrected chi connectivity index (χ0v) is 20.5. The lowest BCUT2D eigenvalue weighted by Crippen LogP contribution is -2.34. The molecule has 11 heteroatoms. The van der Waals surface area contributed by atoms with Crippen LogP contribution in [-0.2, 0) is 33.2 Å². The van der Waals surface area contributed by atoms with Gasteiger partial charge in [-0.3, -0.25) is 4.79 Å². The Hall–Kier alpha value is -0.730. The van der Waals surface area contributed by atoms with Crippen LogP contribution in [0.2, 0.25) is 0 Å². The molecule has 2 amide bonds. The second kappa shape index (κ2) is 20.2. The van der Waals surface area contributed by atoms with Gasteiger partial charge in [0.05, 0.1) is 70.5 Å². The Bertz CT molecular complexity index is 435. The fraction of sp³-hybridized carbons (Fsp3) is 0.895. The van der Waals surface area contributed by atoms with E-state index in [-0.39, 0.29) is 5.91 Å². The zero-order chi connectivity index (χ0) is 22.5. The lowest BCUT2D eigenvalue weighted by atomic mass is 10.2. The van der Waals surface area contributed by atoms with Crippen molar-refractivity contribution in [2.75, 3.05) is 83.6 Å². The molecule has 0 aliphatic carbocycles. The van der Waals surface area contributed by atoms with Crippen molar-refractivity contribution in [3.63, 3.8) is 0 Å². The molecule has 0 unspecified atom stereocenters. The van der Waals surface area contributed by atoms with Crippen LogP contribution in [0.3, 0.4) is 0 Å². The molecule has 0 fully saturated rings. The number of carbonyl (C=O) groups excluding carboxylic acids is 2. The zero-order valence-electron chi connectivity index (χ0n) is 18.3. The molecule has 0 atom stereocenters. The van der Waals surface area contributed by atoms with Gasteiger partial charge in [-0.15, -0.1) is 0 Å². The molecule has 0 saturated heterocycles. The number of carbonyl (C=O) groups is 2. The molecule has 0 spiro atoms. The van der Waals surface area contributed by atoms with Crippen molar-refractivity contribution >= 4 is 34.6 Å². The van der Waals surface area contributed by atoms with Crippen LogP contribution in [0.25, 0.3) is 0 Å². The summed E-state index contributed by atoms with van der Waals surface area (Å²) >= 11 is 2.01. The Kier molecular flexibility index (Phi) is 19.7. The summed E-state index contributed by atoms with van der Waals surface area (Å²) in [5.74, 6) is 0.0108. The predicted molar refractivity (Wildman–Crippen MR) is 120 cm³/mol. The van der Waals surface area contributed by atoms with Gasteiger partial charge >= 0.3 is 6.09 Å². The van der Waals surface area contributed by atoms with Crippen molar-refractivity contribution in [3.05, 3.63) is 0 Å². The number of hydrogen-bond donors (Lipinski definition) is 2. The lowest BCUT2D eigenvalue weighted by molar-refractivity contribution is -0.118. The van der Waals surface area contributed by atoms with E-state index < -0.39 is 11.7 Å². The first-order valence-electron chi connectivity index (χ1n) is 10.0. The van der Waals surface area contributed by atoms with E-state index in [2.05, 4.69) is 10.6 Å². The van der Waals surface area contributed by atoms with Crippen LogP contribution >= 0.6 is 22.6 Å². The fourth-order valence-corrected chi connectivity index (χ4v) is 2.10. The van der Waals surface area contributed by atoms with E-state index in [1.54, 1.807) is 0 Å². The first-order valence-corrected chi connectivity index (χ1v) is 11.6. The number of hydrogen-bond acceptors (Lipinski definition) is 8. The van der Waals surface area contributed by atoms with Gasteiger partial charge < -0.3 is 39.1 Å². The van der Waals surface area contributed by atoms with Gasteiger partial charge in [-0.05, 0) is 20.8 Å². The molecule has 0 aliphatic rings. The summed E-state index contributed by atoms with van der Waals surface area (Å²) in [5.41, 5.74) is -0.504. The van der Waals surface area contributed by atoms with Crippen LogP contribution in [0.15, 0.2) is 0 Å². The fourth-order valence-electron chi connectivity index (χ4n) is 1.83. The van der Waals surface area contributed by atoms with Gasteiger partial charge in [0.2, 0.25) is 5.91 Å². The van der Waals surface area contributed by atoms with Crippen LogP contribution in [0.4, 0.5) is 4.79 Å². The second-order valence-electron chi connectivity index (χ2n) is 6.97. The number of alkyl halides is 1. The summed E-state index contributed by atoms with van der Waals surface area (Å²) in [6, 6.07) is 0. The van der Waals surface area contributed by atoms with E-state index in [1.165, 1.54) is 0 Å². The van der Waals surface area contributed by atoms with Crippen molar-refractivity contribution < 1.29 is 38.0 Å². The second-order valence-corrected chi connectivity index (χ2v) is 7.74. The summed E-state index contributed by atoms with van der Waals surface area (Å²) in [5, 5.41) is 5.34. The van der Waals surface area contributed by atoms with Crippen LogP contribution in [0, 0.1) is 0 Å². The molecule has 0 aliphatic heterocycles. The third-order valence-corrected chi connectivity index (χ3v) is 3.79. The van der Waals surface area contributed by atoms with Crippen LogP contribution in [0.1, 0.15) is 20.8 Å². The van der Waals surface area contributed by atoms with Gasteiger partial charge in [-0.2, -0.15) is 0 Å². The number of nitrogens with one attached hydrogen (secondary N) is 2. The highest BCUT2D eigenvalue weighted by Gasteiger charge is 2.15. The van der Waals surface area contributed by atoms with E-state index >= 15 is 0 Å². The third-order valence-electron chi connectivity index (χ3n) is 3.09. The van der Waals surface area contributed by atoms with E-state index in [1.807, 2.05) is 43.4 Å². The normalized spacial score (nSPS) is 11.3. The minimum absolute atomic E-state index is 0.0108. The summed E-state index contributed by atoms with van der Waals surface area (Å²) in [6.45, 7) is 11.0. The maximum atomic E-state index is 11.4. The quantitative estimate of drug-likeness (QED) is 0.141. The van der Waals surface area contributed by atoms with Gasteiger partial charge in [-0.1, -0.05) is 22.6 Å². The molecule has 2 N–H and O–H groups in total. The Morgan fingerprint density at radius 1 is 0.667 bits per heavy atom. The van der Waals surface area contributed by atoms with Gasteiger partial charge in [0, 0.05) is 13.1 Å². The minimum Gasteiger partial charge on any atom is -0.444 e. The lowest BCUT2D eigenvalue weighted by Gasteiger charge is -2.19. The number of ether oxygens (including phenoxy) is 6. The SMILES string of the molecule is CC(C)(C)OC(=O)NCCOCCOCCOCCOCCOCCNC(=O)CI. The maximum Gasteiger partial charge on any atom is 0.407 e. The smallest absolute Gasteiger partial charge is 0.407 e. The largest absolute Gasteiger partial charge is 0.444 e. The molecule has 0 bridgehead atoms. The molecule has 30 heavy (non-hydrogen) atoms. The van der Waals surface area contributed by atoms with Crippen LogP contribution < -0.4 is 10.6 Å². The van der Waals surface area contributed by atoms with Gasteiger partial charge in [0.1, 0.15) is 5.60 Å². The topological polar surface area (TPSA) is 114 Å². The van der Waals surface area contributed by atoms with Crippen LogP contribution in [-0.4, -0.2) is 101 Å². The van der Waals surface area contributed by atoms with Crippen molar-refractivity contribution in [3.8, 4) is 0 Å². The Labute approximate surface area is 193 Å². The van der Waals surface area contributed by atoms with E-state index in [0.29, 0.717) is 83.6 Å². The van der Waals surface area contributed by atoms with Crippen molar-refractivity contribution in [2.24, 2.45) is 0 Å². The molecule has 0 aromatic heterocycles. The van der Waals surface area contributed by atoms with Gasteiger partial charge in [0.25, 0.3) is 0 Å². The van der Waals surface area contributed by atoms with E-state index in [9.17, 15) is 9.59 Å². The summed E-state index contributed by atoms with van der Waals surface area (Å²) in [6.07, 6.45) is -0.451. The van der Waals surface area contributed by atoms with Gasteiger partial charge in [0.15, 0.2) is 0 Å². The van der Waals surface area contributed by atoms with E-state index in [0.717, 1.165) is 0 Å². The highest BCUT2D eigenvalue weighted by molar-refractivity contribution is 14.1. The monoisotopic (exact) mass is 548 g/mol. The molecule has 178 valence electrons. The molecular weight excluding hydrogens is 511 g/mol. The maximum absolute atomic E-state index is 11.4. The van der Waals surface area contributed by atoms with Crippen molar-refractivity contribution in [1.82, 2.24) is 10.6 Å². The van der Waals surface area contributed by atoms with Crippen molar-refractivity contribution in [2.45, 2.75) is 26.4 Å². The first-order chi connectivity index (χ1) is 14.3. The average molecular weight is 548 g/mol. The highest BCUT2D eigenvalue weighted by Crippen LogP contribution is 2.05. The highest BCUT2D eigenvalue weighted by atomic mass is 127. The molecular formula is C19H37IN2O8. The molecule has 0 radical (unpaired) electrons. The average Bonchev–Trinajstić information content (AvgIpc) is 2.68. The number of amides is 2. The summed E-state index contributed by atoms with van der Waals surface area (Å²) in [7, 11) is 0. The van der Waals surface area contributed by atoms with E-state index in [4.69, 9.17) is 28.4 Å². The molecule has 0 aromatic carbocycles. The molecule has 0 rings (SSSR count). The Morgan fingerprint density at radius 3 is 1.40 bits per heavy atom. The molecule has 10 nitrogen and oxygen atoms in total. The predicted octanol–water partition coefficient (Wildman–Crippen LogP) is 1.15. The summed E-state index contributed by atoms with van der Waals surface area (Å²) < 4.78 is 32.4. The summed E-state index contributed by atoms with van der Waals surface area (Å²) in [4.78, 5) is 22.4. The van der Waals surface area contributed by atoms with Crippen molar-refractivity contribution in [1.29, 1.82) is 0 Å². The first kappa shape index (κ1) is 29.3. The van der Waals surface area contributed by atoms with Gasteiger partial charge in [-0.25, -0.2) is 4.79 Å². The Balaban J connectivity index is 3.15. The number of rotatable bonds is 19. The number of halogens is 1. The minimum atomic E-state index is -0.504. The molecule has 0 heterocycles. The Morgan fingerprint density at radius 2 is 1.03 bits per heavy atom. The number of alkyl carbamates (subject to hydrolysis) is 1. The standard InChI is InChI=1S/C19H37IN2O8/c1-19(2,3)30-18(24)22-5-7-26-9-11-28-13-15-29-14-12-27-10-8-25-6-4-21-17(23)16-20/h4-16H2,1-3H3,(H,21,23)(H,22,24). The molecule has 0 saturated carbocycles. The van der Waals surface area contributed by atoms with Crippen LogP contribution in [0.5, 0.6) is 0 Å².